The number of para-hydroxylation sites is 1. The van der Waals surface area contributed by atoms with Crippen molar-refractivity contribution in [3.63, 3.8) is 0 Å². The van der Waals surface area contributed by atoms with Gasteiger partial charge in [0.25, 0.3) is 0 Å². The SMILES string of the molecule is O=C(CCOc1ccccc1)Nc1ccnn1C1CCN(C[C@@H]2CC=CCC2)CC1. The Hall–Kier alpha value is -2.60. The number of nitrogens with zero attached hydrogens (tertiary/aromatic N) is 3. The third-order valence-electron chi connectivity index (χ3n) is 6.08. The lowest BCUT2D eigenvalue weighted by Crippen LogP contribution is -2.38. The summed E-state index contributed by atoms with van der Waals surface area (Å²) in [5, 5.41) is 7.52. The van der Waals surface area contributed by atoms with Gasteiger partial charge < -0.3 is 15.0 Å². The molecule has 1 fully saturated rings. The van der Waals surface area contributed by atoms with E-state index in [0.717, 1.165) is 43.4 Å². The van der Waals surface area contributed by atoms with Gasteiger partial charge in [-0.25, -0.2) is 4.68 Å². The second-order valence-corrected chi connectivity index (χ2v) is 8.30. The number of aromatic nitrogens is 2. The van der Waals surface area contributed by atoms with Crippen LogP contribution in [-0.2, 0) is 4.79 Å². The molecule has 0 saturated carbocycles. The van der Waals surface area contributed by atoms with Crippen LogP contribution in [-0.4, -0.2) is 46.8 Å². The number of allylic oxidation sites excluding steroid dienone is 2. The fourth-order valence-corrected chi connectivity index (χ4v) is 4.42. The number of amides is 1. The summed E-state index contributed by atoms with van der Waals surface area (Å²) in [6, 6.07) is 11.8. The third-order valence-corrected chi connectivity index (χ3v) is 6.08. The Labute approximate surface area is 178 Å². The first kappa shape index (κ1) is 20.7. The summed E-state index contributed by atoms with van der Waals surface area (Å²) in [6.45, 7) is 3.77. The fraction of sp³-hybridized carbons (Fsp3) is 0.500. The lowest BCUT2D eigenvalue weighted by atomic mass is 9.93. The summed E-state index contributed by atoms with van der Waals surface area (Å²) in [4.78, 5) is 15.0. The van der Waals surface area contributed by atoms with Gasteiger partial charge in [-0.15, -0.1) is 0 Å². The molecule has 2 aromatic rings. The van der Waals surface area contributed by atoms with Gasteiger partial charge in [0, 0.05) is 25.7 Å². The number of carbonyl (C=O) groups is 1. The van der Waals surface area contributed by atoms with Crippen LogP contribution in [0.1, 0.15) is 44.6 Å². The van der Waals surface area contributed by atoms with E-state index in [2.05, 4.69) is 27.5 Å². The number of rotatable bonds is 8. The van der Waals surface area contributed by atoms with Crippen molar-refractivity contribution < 1.29 is 9.53 Å². The van der Waals surface area contributed by atoms with E-state index in [1.807, 2.05) is 41.1 Å². The van der Waals surface area contributed by atoms with Crippen molar-refractivity contribution >= 4 is 11.7 Å². The molecule has 6 nitrogen and oxygen atoms in total. The summed E-state index contributed by atoms with van der Waals surface area (Å²) in [6.07, 6.45) is 12.7. The normalized spacial score (nSPS) is 20.2. The third kappa shape index (κ3) is 5.72. The second kappa shape index (κ2) is 10.4. The minimum atomic E-state index is -0.0459. The monoisotopic (exact) mass is 408 g/mol. The van der Waals surface area contributed by atoms with Gasteiger partial charge in [0.1, 0.15) is 11.6 Å². The van der Waals surface area contributed by atoms with Crippen LogP contribution >= 0.6 is 0 Å². The highest BCUT2D eigenvalue weighted by molar-refractivity contribution is 5.89. The van der Waals surface area contributed by atoms with Crippen LogP contribution in [0.4, 0.5) is 5.82 Å². The Morgan fingerprint density at radius 1 is 1.10 bits per heavy atom. The maximum absolute atomic E-state index is 12.4. The van der Waals surface area contributed by atoms with Crippen LogP contribution in [0, 0.1) is 5.92 Å². The molecule has 1 aromatic carbocycles. The van der Waals surface area contributed by atoms with Crippen molar-refractivity contribution in [2.75, 3.05) is 31.6 Å². The summed E-state index contributed by atoms with van der Waals surface area (Å²) < 4.78 is 7.62. The van der Waals surface area contributed by atoms with Crippen LogP contribution in [0.3, 0.4) is 0 Å². The Morgan fingerprint density at radius 3 is 2.70 bits per heavy atom. The number of likely N-dealkylation sites (tertiary alicyclic amines) is 1. The molecule has 1 amide bonds. The molecule has 1 N–H and O–H groups in total. The molecule has 6 heteroatoms. The van der Waals surface area contributed by atoms with Crippen molar-refractivity contribution in [2.24, 2.45) is 5.92 Å². The van der Waals surface area contributed by atoms with Crippen LogP contribution in [0.2, 0.25) is 0 Å². The molecular formula is C24H32N4O2. The van der Waals surface area contributed by atoms with Crippen molar-refractivity contribution in [3.8, 4) is 5.75 Å². The number of piperidine rings is 1. The predicted octanol–water partition coefficient (Wildman–Crippen LogP) is 4.28. The van der Waals surface area contributed by atoms with Gasteiger partial charge in [0.2, 0.25) is 5.91 Å². The minimum absolute atomic E-state index is 0.0459. The zero-order chi connectivity index (χ0) is 20.6. The molecule has 1 aliphatic heterocycles. The molecule has 1 aromatic heterocycles. The standard InChI is InChI=1S/C24H32N4O2/c29-24(14-18-30-22-9-5-2-6-10-22)26-23-11-15-25-28(23)21-12-16-27(17-13-21)19-20-7-3-1-4-8-20/h1-3,5-6,9-11,15,20-21H,4,7-8,12-14,16-19H2,(H,26,29)/t20-/m1/s1. The lowest BCUT2D eigenvalue weighted by Gasteiger charge is -2.35. The number of hydrogen-bond acceptors (Lipinski definition) is 4. The van der Waals surface area contributed by atoms with Gasteiger partial charge in [-0.2, -0.15) is 5.10 Å². The van der Waals surface area contributed by atoms with E-state index >= 15 is 0 Å². The van der Waals surface area contributed by atoms with Gasteiger partial charge >= 0.3 is 0 Å². The van der Waals surface area contributed by atoms with Gasteiger partial charge in [-0.3, -0.25) is 4.79 Å². The summed E-state index contributed by atoms with van der Waals surface area (Å²) in [7, 11) is 0. The average molecular weight is 409 g/mol. The Bertz CT molecular complexity index is 825. The van der Waals surface area contributed by atoms with E-state index < -0.39 is 0 Å². The van der Waals surface area contributed by atoms with Gasteiger partial charge in [-0.1, -0.05) is 30.4 Å². The summed E-state index contributed by atoms with van der Waals surface area (Å²) >= 11 is 0. The zero-order valence-electron chi connectivity index (χ0n) is 17.6. The molecule has 1 aliphatic carbocycles. The highest BCUT2D eigenvalue weighted by Crippen LogP contribution is 2.27. The molecule has 0 unspecified atom stereocenters. The number of benzene rings is 1. The van der Waals surface area contributed by atoms with Crippen molar-refractivity contribution in [3.05, 3.63) is 54.7 Å². The molecule has 30 heavy (non-hydrogen) atoms. The summed E-state index contributed by atoms with van der Waals surface area (Å²) in [5.74, 6) is 2.33. The highest BCUT2D eigenvalue weighted by atomic mass is 16.5. The molecular weight excluding hydrogens is 376 g/mol. The topological polar surface area (TPSA) is 59.4 Å². The maximum atomic E-state index is 12.4. The Balaban J connectivity index is 1.22. The van der Waals surface area contributed by atoms with E-state index in [0.29, 0.717) is 19.1 Å². The number of ether oxygens (including phenoxy) is 1. The van der Waals surface area contributed by atoms with Crippen molar-refractivity contribution in [1.29, 1.82) is 0 Å². The Kier molecular flexibility index (Phi) is 7.19. The molecule has 160 valence electrons. The lowest BCUT2D eigenvalue weighted by molar-refractivity contribution is -0.116. The summed E-state index contributed by atoms with van der Waals surface area (Å²) in [5.41, 5.74) is 0. The average Bonchev–Trinajstić information content (AvgIpc) is 3.24. The number of carbonyl (C=O) groups excluding carboxylic acids is 1. The van der Waals surface area contributed by atoms with Crippen LogP contribution in [0.15, 0.2) is 54.7 Å². The quantitative estimate of drug-likeness (QED) is 0.662. The van der Waals surface area contributed by atoms with Crippen LogP contribution < -0.4 is 10.1 Å². The van der Waals surface area contributed by atoms with Gasteiger partial charge in [0.15, 0.2) is 0 Å². The van der Waals surface area contributed by atoms with E-state index in [4.69, 9.17) is 4.74 Å². The predicted molar refractivity (Wildman–Crippen MR) is 119 cm³/mol. The molecule has 0 spiro atoms. The molecule has 0 bridgehead atoms. The first-order chi connectivity index (χ1) is 14.8. The van der Waals surface area contributed by atoms with E-state index in [1.165, 1.54) is 25.8 Å². The maximum Gasteiger partial charge on any atom is 0.228 e. The zero-order valence-corrected chi connectivity index (χ0v) is 17.6. The van der Waals surface area contributed by atoms with Crippen molar-refractivity contribution in [1.82, 2.24) is 14.7 Å². The molecule has 4 rings (SSSR count). The van der Waals surface area contributed by atoms with E-state index in [-0.39, 0.29) is 5.91 Å². The molecule has 1 atom stereocenters. The van der Waals surface area contributed by atoms with Crippen LogP contribution in [0.5, 0.6) is 5.75 Å². The Morgan fingerprint density at radius 2 is 1.93 bits per heavy atom. The van der Waals surface area contributed by atoms with Gasteiger partial charge in [-0.05, 0) is 50.2 Å². The fourth-order valence-electron chi connectivity index (χ4n) is 4.42. The number of hydrogen-bond donors (Lipinski definition) is 1. The molecule has 0 radical (unpaired) electrons. The molecule has 2 heterocycles. The minimum Gasteiger partial charge on any atom is -0.493 e. The molecule has 2 aliphatic rings. The smallest absolute Gasteiger partial charge is 0.228 e. The van der Waals surface area contributed by atoms with E-state index in [1.54, 1.807) is 6.20 Å². The van der Waals surface area contributed by atoms with E-state index in [9.17, 15) is 4.79 Å². The first-order valence-corrected chi connectivity index (χ1v) is 11.2. The number of anilines is 1. The van der Waals surface area contributed by atoms with Gasteiger partial charge in [0.05, 0.1) is 25.3 Å². The largest absolute Gasteiger partial charge is 0.493 e. The van der Waals surface area contributed by atoms with Crippen LogP contribution in [0.25, 0.3) is 0 Å². The second-order valence-electron chi connectivity index (χ2n) is 8.30. The first-order valence-electron chi connectivity index (χ1n) is 11.2. The highest BCUT2D eigenvalue weighted by Gasteiger charge is 2.24. The number of nitrogens with one attached hydrogen (secondary N) is 1. The molecule has 1 saturated heterocycles. The van der Waals surface area contributed by atoms with Crippen molar-refractivity contribution in [2.45, 2.75) is 44.6 Å².